The van der Waals surface area contributed by atoms with Crippen LogP contribution < -0.4 is 10.6 Å². The smallest absolute Gasteiger partial charge is 0.191 e. The van der Waals surface area contributed by atoms with E-state index in [1.165, 1.54) is 15.3 Å². The molecule has 0 saturated carbocycles. The fourth-order valence-electron chi connectivity index (χ4n) is 2.09. The van der Waals surface area contributed by atoms with Gasteiger partial charge in [0.1, 0.15) is 0 Å². The predicted octanol–water partition coefficient (Wildman–Crippen LogP) is 3.65. The van der Waals surface area contributed by atoms with E-state index in [1.807, 2.05) is 18.0 Å². The molecule has 2 aromatic rings. The molecule has 24 heavy (non-hydrogen) atoms. The molecule has 2 N–H and O–H groups in total. The minimum absolute atomic E-state index is 0.757. The number of nitrogens with one attached hydrogen (secondary N) is 2. The predicted molar refractivity (Wildman–Crippen MR) is 106 cm³/mol. The molecule has 130 valence electrons. The van der Waals surface area contributed by atoms with E-state index in [2.05, 4.69) is 65.6 Å². The number of thiazole rings is 1. The van der Waals surface area contributed by atoms with Gasteiger partial charge in [0.15, 0.2) is 5.96 Å². The summed E-state index contributed by atoms with van der Waals surface area (Å²) in [5.74, 6) is 1.90. The largest absolute Gasteiger partial charge is 0.357 e. The first-order valence-corrected chi connectivity index (χ1v) is 10.1. The van der Waals surface area contributed by atoms with Crippen LogP contribution in [-0.4, -0.2) is 36.3 Å². The van der Waals surface area contributed by atoms with Crippen LogP contribution in [0.15, 0.2) is 40.4 Å². The molecule has 0 aliphatic carbocycles. The molecule has 4 nitrogen and oxygen atoms in total. The number of thioether (sulfide) groups is 1. The van der Waals surface area contributed by atoms with Crippen molar-refractivity contribution in [1.82, 2.24) is 15.6 Å². The van der Waals surface area contributed by atoms with Gasteiger partial charge in [0.25, 0.3) is 0 Å². The second-order valence-electron chi connectivity index (χ2n) is 5.46. The Kier molecular flexibility index (Phi) is 8.12. The first kappa shape index (κ1) is 18.8. The van der Waals surface area contributed by atoms with Crippen LogP contribution in [-0.2, 0) is 6.42 Å². The summed E-state index contributed by atoms with van der Waals surface area (Å²) in [7, 11) is 0. The zero-order valence-corrected chi connectivity index (χ0v) is 16.3. The highest BCUT2D eigenvalue weighted by atomic mass is 32.2. The van der Waals surface area contributed by atoms with Gasteiger partial charge >= 0.3 is 0 Å². The topological polar surface area (TPSA) is 49.3 Å². The first-order valence-electron chi connectivity index (χ1n) is 8.30. The van der Waals surface area contributed by atoms with E-state index in [1.54, 1.807) is 11.3 Å². The quantitative estimate of drug-likeness (QED) is 0.326. The Bertz CT molecular complexity index is 635. The molecule has 0 bridgehead atoms. The van der Waals surface area contributed by atoms with Crippen molar-refractivity contribution >= 4 is 29.1 Å². The number of benzene rings is 1. The fraction of sp³-hybridized carbons (Fsp3) is 0.444. The van der Waals surface area contributed by atoms with Crippen LogP contribution in [0.25, 0.3) is 0 Å². The summed E-state index contributed by atoms with van der Waals surface area (Å²) in [5, 5.41) is 7.84. The van der Waals surface area contributed by atoms with Crippen LogP contribution in [0, 0.1) is 13.8 Å². The van der Waals surface area contributed by atoms with Crippen molar-refractivity contribution in [3.63, 3.8) is 0 Å². The van der Waals surface area contributed by atoms with Gasteiger partial charge in [-0.3, -0.25) is 4.99 Å². The van der Waals surface area contributed by atoms with Crippen molar-refractivity contribution in [1.29, 1.82) is 0 Å². The number of aromatic nitrogens is 1. The van der Waals surface area contributed by atoms with E-state index >= 15 is 0 Å². The molecule has 1 aromatic carbocycles. The molecule has 6 heteroatoms. The molecule has 0 aliphatic heterocycles. The monoisotopic (exact) mass is 362 g/mol. The van der Waals surface area contributed by atoms with Crippen LogP contribution >= 0.6 is 23.1 Å². The van der Waals surface area contributed by atoms with Gasteiger partial charge in [0, 0.05) is 47.8 Å². The number of guanidine groups is 1. The summed E-state index contributed by atoms with van der Waals surface area (Å²) in [5.41, 5.74) is 1.30. The molecular formula is C18H26N4S2. The Balaban J connectivity index is 1.71. The normalized spacial score (nSPS) is 11.5. The van der Waals surface area contributed by atoms with Crippen molar-refractivity contribution in [2.75, 3.05) is 25.4 Å². The van der Waals surface area contributed by atoms with E-state index in [0.717, 1.165) is 42.8 Å². The SMILES string of the molecule is CCNC(=NCCc1ncc(C)s1)NCCSc1ccc(C)cc1. The van der Waals surface area contributed by atoms with Gasteiger partial charge in [0.2, 0.25) is 0 Å². The lowest BCUT2D eigenvalue weighted by molar-refractivity contribution is 0.835. The molecule has 2 rings (SSSR count). The van der Waals surface area contributed by atoms with Crippen molar-refractivity contribution in [3.8, 4) is 0 Å². The van der Waals surface area contributed by atoms with Gasteiger partial charge in [-0.15, -0.1) is 23.1 Å². The van der Waals surface area contributed by atoms with E-state index in [4.69, 9.17) is 0 Å². The van der Waals surface area contributed by atoms with Gasteiger partial charge in [-0.05, 0) is 32.9 Å². The third-order valence-electron chi connectivity index (χ3n) is 3.29. The molecule has 0 spiro atoms. The number of hydrogen-bond donors (Lipinski definition) is 2. The molecule has 0 unspecified atom stereocenters. The average Bonchev–Trinajstić information content (AvgIpc) is 2.98. The Labute approximate surface area is 153 Å². The molecule has 1 heterocycles. The fourth-order valence-corrected chi connectivity index (χ4v) is 3.64. The second-order valence-corrected chi connectivity index (χ2v) is 7.95. The minimum atomic E-state index is 0.757. The number of rotatable bonds is 8. The maximum Gasteiger partial charge on any atom is 0.191 e. The van der Waals surface area contributed by atoms with Crippen LogP contribution in [0.5, 0.6) is 0 Å². The Morgan fingerprint density at radius 3 is 2.67 bits per heavy atom. The van der Waals surface area contributed by atoms with Crippen molar-refractivity contribution in [2.45, 2.75) is 32.1 Å². The van der Waals surface area contributed by atoms with Crippen molar-refractivity contribution in [2.24, 2.45) is 4.99 Å². The van der Waals surface area contributed by atoms with Crippen molar-refractivity contribution in [3.05, 3.63) is 45.9 Å². The summed E-state index contributed by atoms with van der Waals surface area (Å²) in [6.07, 6.45) is 2.82. The Morgan fingerprint density at radius 2 is 2.00 bits per heavy atom. The van der Waals surface area contributed by atoms with Gasteiger partial charge in [-0.25, -0.2) is 4.98 Å². The van der Waals surface area contributed by atoms with Crippen LogP contribution in [0.1, 0.15) is 22.4 Å². The highest BCUT2D eigenvalue weighted by molar-refractivity contribution is 7.99. The van der Waals surface area contributed by atoms with Crippen LogP contribution in [0.3, 0.4) is 0 Å². The molecule has 0 atom stereocenters. The molecule has 0 saturated heterocycles. The lowest BCUT2D eigenvalue weighted by Crippen LogP contribution is -2.38. The summed E-state index contributed by atoms with van der Waals surface area (Å²) in [4.78, 5) is 11.6. The summed E-state index contributed by atoms with van der Waals surface area (Å²) in [6.45, 7) is 8.80. The Hall–Kier alpha value is -1.53. The van der Waals surface area contributed by atoms with Crippen LogP contribution in [0.4, 0.5) is 0 Å². The Morgan fingerprint density at radius 1 is 1.21 bits per heavy atom. The maximum atomic E-state index is 4.63. The van der Waals surface area contributed by atoms with E-state index in [9.17, 15) is 0 Å². The first-order chi connectivity index (χ1) is 11.7. The lowest BCUT2D eigenvalue weighted by Gasteiger charge is -2.11. The highest BCUT2D eigenvalue weighted by Crippen LogP contribution is 2.17. The van der Waals surface area contributed by atoms with E-state index < -0.39 is 0 Å². The third kappa shape index (κ3) is 6.93. The van der Waals surface area contributed by atoms with Gasteiger partial charge in [0.05, 0.1) is 5.01 Å². The maximum absolute atomic E-state index is 4.63. The van der Waals surface area contributed by atoms with Crippen LogP contribution in [0.2, 0.25) is 0 Å². The summed E-state index contributed by atoms with van der Waals surface area (Å²) >= 11 is 3.61. The summed E-state index contributed by atoms with van der Waals surface area (Å²) < 4.78 is 0. The molecule has 0 amide bonds. The minimum Gasteiger partial charge on any atom is -0.357 e. The molecular weight excluding hydrogens is 336 g/mol. The average molecular weight is 363 g/mol. The van der Waals surface area contributed by atoms with Gasteiger partial charge in [-0.2, -0.15) is 0 Å². The molecule has 1 aromatic heterocycles. The number of aryl methyl sites for hydroxylation is 2. The van der Waals surface area contributed by atoms with E-state index in [-0.39, 0.29) is 0 Å². The molecule has 0 aliphatic rings. The zero-order chi connectivity index (χ0) is 17.2. The number of aliphatic imine (C=N–C) groups is 1. The highest BCUT2D eigenvalue weighted by Gasteiger charge is 2.00. The molecule has 0 fully saturated rings. The zero-order valence-electron chi connectivity index (χ0n) is 14.6. The standard InChI is InChI=1S/C18H26N4S2/c1-4-19-18(20-10-9-17-22-13-15(3)24-17)21-11-12-23-16-7-5-14(2)6-8-16/h5-8,13H,4,9-12H2,1-3H3,(H2,19,20,21). The van der Waals surface area contributed by atoms with Gasteiger partial charge in [-0.1, -0.05) is 17.7 Å². The second kappa shape index (κ2) is 10.4. The summed E-state index contributed by atoms with van der Waals surface area (Å²) in [6, 6.07) is 8.66. The number of hydrogen-bond acceptors (Lipinski definition) is 4. The number of nitrogens with zero attached hydrogens (tertiary/aromatic N) is 2. The van der Waals surface area contributed by atoms with Crippen molar-refractivity contribution < 1.29 is 0 Å². The molecule has 0 radical (unpaired) electrons. The third-order valence-corrected chi connectivity index (χ3v) is 5.28. The lowest BCUT2D eigenvalue weighted by atomic mass is 10.2. The van der Waals surface area contributed by atoms with Gasteiger partial charge < -0.3 is 10.6 Å². The van der Waals surface area contributed by atoms with E-state index in [0.29, 0.717) is 0 Å².